The van der Waals surface area contributed by atoms with Gasteiger partial charge in [-0.25, -0.2) is 0 Å². The highest BCUT2D eigenvalue weighted by Crippen LogP contribution is 2.32. The minimum atomic E-state index is 0.830. The molecule has 1 N–H and O–H groups in total. The van der Waals surface area contributed by atoms with Crippen molar-refractivity contribution in [2.45, 2.75) is 39.7 Å². The molecule has 1 aromatic heterocycles. The Kier molecular flexibility index (Phi) is 2.77. The van der Waals surface area contributed by atoms with Gasteiger partial charge in [-0.1, -0.05) is 19.8 Å². The van der Waals surface area contributed by atoms with Gasteiger partial charge in [0, 0.05) is 18.4 Å². The molecular weight excluding hydrogens is 192 g/mol. The Bertz CT molecular complexity index is 364. The van der Waals surface area contributed by atoms with Gasteiger partial charge >= 0.3 is 0 Å². The van der Waals surface area contributed by atoms with Crippen molar-refractivity contribution in [3.8, 4) is 0 Å². The van der Waals surface area contributed by atoms with Gasteiger partial charge in [-0.2, -0.15) is 0 Å². The number of hydrogen-bond donors (Lipinski definition) is 1. The fraction of sp³-hybridized carbons (Fsp3) is 0.727. The van der Waals surface area contributed by atoms with E-state index in [9.17, 15) is 0 Å². The van der Waals surface area contributed by atoms with Crippen molar-refractivity contribution < 1.29 is 0 Å². The lowest BCUT2D eigenvalue weighted by Crippen LogP contribution is -2.12. The molecule has 0 spiro atoms. The summed E-state index contributed by atoms with van der Waals surface area (Å²) in [5.74, 6) is 1.70. The van der Waals surface area contributed by atoms with E-state index in [0.717, 1.165) is 23.2 Å². The molecule has 0 aliphatic heterocycles. The third-order valence-corrected chi connectivity index (χ3v) is 3.72. The molecule has 0 aromatic carbocycles. The molecule has 1 aliphatic carbocycles. The molecule has 2 rings (SSSR count). The van der Waals surface area contributed by atoms with Gasteiger partial charge in [-0.05, 0) is 37.4 Å². The number of aromatic nitrogens is 2. The Labute approximate surface area is 90.3 Å². The molecule has 1 heterocycles. The van der Waals surface area contributed by atoms with Crippen LogP contribution < -0.4 is 0 Å². The summed E-state index contributed by atoms with van der Waals surface area (Å²) in [6.07, 6.45) is 6.28. The summed E-state index contributed by atoms with van der Waals surface area (Å²) in [6, 6.07) is 0. The second-order valence-electron chi connectivity index (χ2n) is 4.56. The minimum Gasteiger partial charge on any atom is -0.335 e. The summed E-state index contributed by atoms with van der Waals surface area (Å²) in [6.45, 7) is 5.52. The molecule has 2 atom stereocenters. The smallest absolute Gasteiger partial charge is 0.177 e. The van der Waals surface area contributed by atoms with Crippen LogP contribution >= 0.6 is 12.2 Å². The lowest BCUT2D eigenvalue weighted by molar-refractivity contribution is 0.362. The van der Waals surface area contributed by atoms with Crippen LogP contribution in [0.4, 0.5) is 0 Å². The number of H-pyrrole nitrogens is 1. The second kappa shape index (κ2) is 3.89. The molecule has 0 amide bonds. The highest BCUT2D eigenvalue weighted by atomic mass is 32.1. The van der Waals surface area contributed by atoms with Crippen molar-refractivity contribution >= 4 is 12.2 Å². The summed E-state index contributed by atoms with van der Waals surface area (Å²) < 4.78 is 3.07. The molecule has 78 valence electrons. The van der Waals surface area contributed by atoms with Crippen molar-refractivity contribution in [1.29, 1.82) is 0 Å². The number of nitrogens with zero attached hydrogens (tertiary/aromatic N) is 1. The van der Waals surface area contributed by atoms with E-state index in [1.807, 2.05) is 0 Å². The predicted octanol–water partition coefficient (Wildman–Crippen LogP) is 3.29. The van der Waals surface area contributed by atoms with E-state index in [4.69, 9.17) is 12.2 Å². The van der Waals surface area contributed by atoms with Gasteiger partial charge < -0.3 is 9.55 Å². The first-order valence-electron chi connectivity index (χ1n) is 5.43. The van der Waals surface area contributed by atoms with Crippen LogP contribution in [0.25, 0.3) is 0 Å². The van der Waals surface area contributed by atoms with E-state index in [1.165, 1.54) is 25.0 Å². The molecule has 1 aromatic rings. The van der Waals surface area contributed by atoms with Crippen molar-refractivity contribution in [3.63, 3.8) is 0 Å². The van der Waals surface area contributed by atoms with Crippen LogP contribution in [0.3, 0.4) is 0 Å². The lowest BCUT2D eigenvalue weighted by Gasteiger charge is -2.15. The highest BCUT2D eigenvalue weighted by Gasteiger charge is 2.23. The number of imidazole rings is 1. The number of nitrogens with one attached hydrogen (secondary N) is 1. The van der Waals surface area contributed by atoms with Gasteiger partial charge in [0.2, 0.25) is 0 Å². The van der Waals surface area contributed by atoms with Crippen LogP contribution in [-0.4, -0.2) is 9.55 Å². The maximum Gasteiger partial charge on any atom is 0.177 e. The Hall–Kier alpha value is -0.570. The SMILES string of the molecule is Cc1cn(CC2CCCC2C)c(=S)[nH]1. The average Bonchev–Trinajstić information content (AvgIpc) is 2.62. The van der Waals surface area contributed by atoms with Gasteiger partial charge in [0.05, 0.1) is 0 Å². The average molecular weight is 210 g/mol. The van der Waals surface area contributed by atoms with E-state index >= 15 is 0 Å². The molecule has 2 nitrogen and oxygen atoms in total. The van der Waals surface area contributed by atoms with Crippen molar-refractivity contribution in [2.24, 2.45) is 11.8 Å². The summed E-state index contributed by atoms with van der Waals surface area (Å²) in [5.41, 5.74) is 1.17. The molecule has 14 heavy (non-hydrogen) atoms. The second-order valence-corrected chi connectivity index (χ2v) is 4.95. The van der Waals surface area contributed by atoms with Crippen LogP contribution in [0.5, 0.6) is 0 Å². The topological polar surface area (TPSA) is 20.7 Å². The van der Waals surface area contributed by atoms with E-state index in [1.54, 1.807) is 0 Å². The lowest BCUT2D eigenvalue weighted by atomic mass is 9.98. The molecule has 0 saturated heterocycles. The largest absolute Gasteiger partial charge is 0.335 e. The maximum absolute atomic E-state index is 5.25. The maximum atomic E-state index is 5.25. The van der Waals surface area contributed by atoms with Crippen LogP contribution in [-0.2, 0) is 6.54 Å². The molecule has 0 bridgehead atoms. The van der Waals surface area contributed by atoms with Crippen LogP contribution in [0, 0.1) is 23.5 Å². The van der Waals surface area contributed by atoms with Crippen LogP contribution in [0.15, 0.2) is 6.20 Å². The van der Waals surface area contributed by atoms with E-state index < -0.39 is 0 Å². The third-order valence-electron chi connectivity index (χ3n) is 3.38. The Morgan fingerprint density at radius 3 is 2.86 bits per heavy atom. The zero-order chi connectivity index (χ0) is 10.1. The van der Waals surface area contributed by atoms with E-state index in [0.29, 0.717) is 0 Å². The molecular formula is C11H18N2S. The van der Waals surface area contributed by atoms with Gasteiger partial charge in [0.1, 0.15) is 0 Å². The predicted molar refractivity (Wildman–Crippen MR) is 60.9 cm³/mol. The van der Waals surface area contributed by atoms with Crippen LogP contribution in [0.2, 0.25) is 0 Å². The first-order valence-corrected chi connectivity index (χ1v) is 5.83. The molecule has 3 heteroatoms. The number of aromatic amines is 1. The molecule has 0 radical (unpaired) electrons. The monoisotopic (exact) mass is 210 g/mol. The molecule has 1 aliphatic rings. The van der Waals surface area contributed by atoms with Crippen molar-refractivity contribution in [1.82, 2.24) is 9.55 Å². The standard InChI is InChI=1S/C11H18N2S/c1-8-4-3-5-10(8)7-13-6-9(2)12-11(13)14/h6,8,10H,3-5,7H2,1-2H3,(H,12,14). The fourth-order valence-corrected chi connectivity index (χ4v) is 2.74. The fourth-order valence-electron chi connectivity index (χ4n) is 2.45. The quantitative estimate of drug-likeness (QED) is 0.743. The minimum absolute atomic E-state index is 0.830. The van der Waals surface area contributed by atoms with E-state index in [-0.39, 0.29) is 0 Å². The zero-order valence-electron chi connectivity index (χ0n) is 8.92. The molecule has 1 fully saturated rings. The normalized spacial score (nSPS) is 27.0. The number of aryl methyl sites for hydroxylation is 1. The Morgan fingerprint density at radius 1 is 1.57 bits per heavy atom. The highest BCUT2D eigenvalue weighted by molar-refractivity contribution is 7.71. The summed E-state index contributed by atoms with van der Waals surface area (Å²) >= 11 is 5.25. The van der Waals surface area contributed by atoms with E-state index in [2.05, 4.69) is 29.6 Å². The number of rotatable bonds is 2. The zero-order valence-corrected chi connectivity index (χ0v) is 9.73. The van der Waals surface area contributed by atoms with Gasteiger partial charge in [-0.15, -0.1) is 0 Å². The summed E-state index contributed by atoms with van der Waals surface area (Å²) in [7, 11) is 0. The Morgan fingerprint density at radius 2 is 2.36 bits per heavy atom. The van der Waals surface area contributed by atoms with Crippen molar-refractivity contribution in [2.75, 3.05) is 0 Å². The number of hydrogen-bond acceptors (Lipinski definition) is 1. The van der Waals surface area contributed by atoms with Crippen LogP contribution in [0.1, 0.15) is 31.9 Å². The summed E-state index contributed by atoms with van der Waals surface area (Å²) in [4.78, 5) is 3.17. The first-order chi connectivity index (χ1) is 6.66. The van der Waals surface area contributed by atoms with Crippen molar-refractivity contribution in [3.05, 3.63) is 16.7 Å². The molecule has 2 unspecified atom stereocenters. The molecule has 1 saturated carbocycles. The summed E-state index contributed by atoms with van der Waals surface area (Å²) in [5, 5.41) is 0. The van der Waals surface area contributed by atoms with Gasteiger partial charge in [0.25, 0.3) is 0 Å². The van der Waals surface area contributed by atoms with Gasteiger partial charge in [0.15, 0.2) is 4.77 Å². The third kappa shape index (κ3) is 1.92. The Balaban J connectivity index is 2.10. The first kappa shape index (κ1) is 9.97. The van der Waals surface area contributed by atoms with Gasteiger partial charge in [-0.3, -0.25) is 0 Å².